The van der Waals surface area contributed by atoms with Crippen LogP contribution in [0.4, 0.5) is 0 Å². The summed E-state index contributed by atoms with van der Waals surface area (Å²) in [5.41, 5.74) is 7.20. The lowest BCUT2D eigenvalue weighted by Gasteiger charge is -2.15. The van der Waals surface area contributed by atoms with E-state index in [-0.39, 0.29) is 5.69 Å². The molecular weight excluding hydrogens is 354 g/mol. The molecule has 7 heteroatoms. The third kappa shape index (κ3) is 4.18. The van der Waals surface area contributed by atoms with Crippen LogP contribution in [0.25, 0.3) is 10.9 Å². The molecule has 7 nitrogen and oxygen atoms in total. The van der Waals surface area contributed by atoms with Crippen molar-refractivity contribution in [1.29, 1.82) is 5.26 Å². The molecular formula is C21H21N5O2. The molecule has 0 radical (unpaired) electrons. The fourth-order valence-corrected chi connectivity index (χ4v) is 3.09. The van der Waals surface area contributed by atoms with Crippen molar-refractivity contribution < 1.29 is 9.59 Å². The number of amides is 2. The predicted molar refractivity (Wildman–Crippen MR) is 105 cm³/mol. The van der Waals surface area contributed by atoms with Gasteiger partial charge in [0.05, 0.1) is 11.6 Å². The van der Waals surface area contributed by atoms with Crippen molar-refractivity contribution in [3.63, 3.8) is 0 Å². The number of hydrogen-bond acceptors (Lipinski definition) is 4. The molecule has 0 spiro atoms. The van der Waals surface area contributed by atoms with Crippen molar-refractivity contribution in [3.8, 4) is 6.07 Å². The predicted octanol–water partition coefficient (Wildman–Crippen LogP) is 2.69. The van der Waals surface area contributed by atoms with Gasteiger partial charge in [0.1, 0.15) is 6.04 Å². The summed E-state index contributed by atoms with van der Waals surface area (Å²) in [4.78, 5) is 24.8. The Morgan fingerprint density at radius 2 is 1.82 bits per heavy atom. The number of hydrogen-bond donors (Lipinski definition) is 2. The molecule has 0 aliphatic rings. The maximum atomic E-state index is 12.9. The van der Waals surface area contributed by atoms with Crippen molar-refractivity contribution in [2.45, 2.75) is 31.8 Å². The first-order valence-electron chi connectivity index (χ1n) is 9.09. The number of carbonyl (C=O) groups excluding carboxylic acids is 2. The highest BCUT2D eigenvalue weighted by Gasteiger charge is 2.24. The number of aryl methyl sites for hydroxylation is 1. The summed E-state index contributed by atoms with van der Waals surface area (Å²) in [7, 11) is 0. The first-order valence-corrected chi connectivity index (χ1v) is 9.09. The fourth-order valence-electron chi connectivity index (χ4n) is 3.09. The second-order valence-electron chi connectivity index (χ2n) is 6.42. The average Bonchev–Trinajstić information content (AvgIpc) is 3.08. The monoisotopic (exact) mass is 375 g/mol. The molecule has 1 heterocycles. The summed E-state index contributed by atoms with van der Waals surface area (Å²) < 4.78 is 1.77. The van der Waals surface area contributed by atoms with Crippen LogP contribution in [0.15, 0.2) is 54.6 Å². The number of para-hydroxylation sites is 1. The summed E-state index contributed by atoms with van der Waals surface area (Å²) in [5.74, 6) is -1.10. The van der Waals surface area contributed by atoms with Crippen LogP contribution in [0.2, 0.25) is 0 Å². The van der Waals surface area contributed by atoms with Crippen LogP contribution < -0.4 is 11.1 Å². The zero-order valence-electron chi connectivity index (χ0n) is 15.3. The Labute approximate surface area is 162 Å². The van der Waals surface area contributed by atoms with E-state index in [1.165, 1.54) is 0 Å². The number of nitrogens with zero attached hydrogens (tertiary/aromatic N) is 3. The van der Waals surface area contributed by atoms with Gasteiger partial charge in [-0.3, -0.25) is 14.3 Å². The number of rotatable bonds is 8. The molecule has 0 fully saturated rings. The number of carbonyl (C=O) groups is 2. The van der Waals surface area contributed by atoms with Gasteiger partial charge in [0.25, 0.3) is 5.91 Å². The summed E-state index contributed by atoms with van der Waals surface area (Å²) >= 11 is 0. The van der Waals surface area contributed by atoms with E-state index in [1.807, 2.05) is 30.3 Å². The number of unbranched alkanes of at least 4 members (excludes halogenated alkanes) is 2. The lowest BCUT2D eigenvalue weighted by atomic mass is 10.1. The van der Waals surface area contributed by atoms with Crippen molar-refractivity contribution >= 4 is 22.7 Å². The molecule has 3 rings (SSSR count). The van der Waals surface area contributed by atoms with Crippen molar-refractivity contribution in [2.75, 3.05) is 0 Å². The number of primary amides is 1. The molecule has 1 atom stereocenters. The average molecular weight is 375 g/mol. The van der Waals surface area contributed by atoms with Crippen LogP contribution in [0.1, 0.15) is 41.4 Å². The Kier molecular flexibility index (Phi) is 6.02. The molecule has 0 aliphatic heterocycles. The Morgan fingerprint density at radius 1 is 1.11 bits per heavy atom. The number of nitriles is 1. The van der Waals surface area contributed by atoms with Gasteiger partial charge in [-0.1, -0.05) is 48.5 Å². The van der Waals surface area contributed by atoms with Crippen LogP contribution in [-0.2, 0) is 11.3 Å². The Hall–Kier alpha value is -3.66. The van der Waals surface area contributed by atoms with Crippen LogP contribution in [0.5, 0.6) is 0 Å². The van der Waals surface area contributed by atoms with Crippen LogP contribution >= 0.6 is 0 Å². The molecule has 3 N–H and O–H groups in total. The van der Waals surface area contributed by atoms with Crippen LogP contribution in [0, 0.1) is 11.3 Å². The minimum Gasteiger partial charge on any atom is -0.368 e. The molecule has 0 saturated carbocycles. The van der Waals surface area contributed by atoms with Crippen LogP contribution in [0.3, 0.4) is 0 Å². The molecule has 142 valence electrons. The van der Waals surface area contributed by atoms with Crippen molar-refractivity contribution in [2.24, 2.45) is 5.73 Å². The van der Waals surface area contributed by atoms with Gasteiger partial charge in [0, 0.05) is 18.4 Å². The largest absolute Gasteiger partial charge is 0.368 e. The lowest BCUT2D eigenvalue weighted by molar-refractivity contribution is -0.120. The number of fused-ring (bicyclic) bond motifs is 1. The van der Waals surface area contributed by atoms with E-state index in [9.17, 15) is 9.59 Å². The summed E-state index contributed by atoms with van der Waals surface area (Å²) in [6.07, 6.45) is 2.04. The summed E-state index contributed by atoms with van der Waals surface area (Å²) in [5, 5.41) is 16.5. The van der Waals surface area contributed by atoms with Gasteiger partial charge in [0.2, 0.25) is 5.91 Å². The molecule has 2 aromatic carbocycles. The molecule has 0 unspecified atom stereocenters. The van der Waals surface area contributed by atoms with E-state index in [4.69, 9.17) is 11.0 Å². The molecule has 0 saturated heterocycles. The number of nitrogens with two attached hydrogens (primary N) is 1. The minimum absolute atomic E-state index is 0.248. The van der Waals surface area contributed by atoms with Gasteiger partial charge in [-0.05, 0) is 24.5 Å². The second kappa shape index (κ2) is 8.82. The molecule has 0 bridgehead atoms. The zero-order valence-corrected chi connectivity index (χ0v) is 15.3. The fraction of sp³-hybridized carbons (Fsp3) is 0.238. The van der Waals surface area contributed by atoms with E-state index < -0.39 is 17.9 Å². The highest BCUT2D eigenvalue weighted by Crippen LogP contribution is 2.20. The maximum absolute atomic E-state index is 12.9. The standard InChI is InChI=1S/C21H21N5O2/c22-13-7-2-8-14-26-17-12-6-5-11-16(17)19(25-26)21(28)24-18(20(23)27)15-9-3-1-4-10-15/h1,3-6,9-12,18H,2,7-8,14H2,(H2,23,27)(H,24,28)/t18-/m0/s1. The lowest BCUT2D eigenvalue weighted by Crippen LogP contribution is -2.37. The Balaban J connectivity index is 1.87. The topological polar surface area (TPSA) is 114 Å². The number of nitrogens with one attached hydrogen (secondary N) is 1. The van der Waals surface area contributed by atoms with Crippen molar-refractivity contribution in [3.05, 3.63) is 65.9 Å². The number of aromatic nitrogens is 2. The third-order valence-electron chi connectivity index (χ3n) is 4.47. The normalized spacial score (nSPS) is 11.7. The van der Waals surface area contributed by atoms with E-state index in [0.29, 0.717) is 23.9 Å². The number of benzene rings is 2. The zero-order chi connectivity index (χ0) is 19.9. The van der Waals surface area contributed by atoms with Gasteiger partial charge >= 0.3 is 0 Å². The summed E-state index contributed by atoms with van der Waals surface area (Å²) in [6, 6.07) is 17.5. The summed E-state index contributed by atoms with van der Waals surface area (Å²) in [6.45, 7) is 0.605. The smallest absolute Gasteiger partial charge is 0.273 e. The van der Waals surface area contributed by atoms with Gasteiger partial charge in [-0.2, -0.15) is 10.4 Å². The SMILES string of the molecule is N#CCCCCn1nc(C(=O)N[C@H](C(N)=O)c2ccccc2)c2ccccc21. The van der Waals surface area contributed by atoms with E-state index in [1.54, 1.807) is 28.9 Å². The van der Waals surface area contributed by atoms with Crippen LogP contribution in [-0.4, -0.2) is 21.6 Å². The first-order chi connectivity index (χ1) is 13.6. The molecule has 28 heavy (non-hydrogen) atoms. The Morgan fingerprint density at radius 3 is 2.54 bits per heavy atom. The molecule has 2 amide bonds. The minimum atomic E-state index is -0.937. The van der Waals surface area contributed by atoms with E-state index >= 15 is 0 Å². The van der Waals surface area contributed by atoms with Gasteiger partial charge in [-0.15, -0.1) is 0 Å². The highest BCUT2D eigenvalue weighted by atomic mass is 16.2. The third-order valence-corrected chi connectivity index (χ3v) is 4.47. The molecule has 3 aromatic rings. The van der Waals surface area contributed by atoms with Crippen molar-refractivity contribution in [1.82, 2.24) is 15.1 Å². The van der Waals surface area contributed by atoms with E-state index in [2.05, 4.69) is 16.5 Å². The van der Waals surface area contributed by atoms with Gasteiger partial charge in [-0.25, -0.2) is 0 Å². The van der Waals surface area contributed by atoms with Gasteiger partial charge < -0.3 is 11.1 Å². The van der Waals surface area contributed by atoms with E-state index in [0.717, 1.165) is 18.4 Å². The highest BCUT2D eigenvalue weighted by molar-refractivity contribution is 6.06. The quantitative estimate of drug-likeness (QED) is 0.589. The first kappa shape index (κ1) is 19.1. The molecule has 1 aromatic heterocycles. The maximum Gasteiger partial charge on any atom is 0.273 e. The second-order valence-corrected chi connectivity index (χ2v) is 6.42. The molecule has 0 aliphatic carbocycles. The Bertz CT molecular complexity index is 1020. The van der Waals surface area contributed by atoms with Gasteiger partial charge in [0.15, 0.2) is 5.69 Å².